The minimum absolute atomic E-state index is 0.300. The average molecular weight is 220 g/mol. The van der Waals surface area contributed by atoms with Crippen molar-refractivity contribution in [3.8, 4) is 0 Å². The zero-order valence-electron chi connectivity index (χ0n) is 9.08. The summed E-state index contributed by atoms with van der Waals surface area (Å²) in [7, 11) is -2.99. The molecule has 0 bridgehead atoms. The van der Waals surface area contributed by atoms with Gasteiger partial charge in [0.15, 0.2) is 9.84 Å². The second kappa shape index (κ2) is 3.79. The van der Waals surface area contributed by atoms with Crippen LogP contribution >= 0.6 is 0 Å². The predicted octanol–water partition coefficient (Wildman–Crippen LogP) is -0.111. The Morgan fingerprint density at radius 2 is 1.93 bits per heavy atom. The van der Waals surface area contributed by atoms with Crippen molar-refractivity contribution in [2.24, 2.45) is 5.73 Å². The fourth-order valence-corrected chi connectivity index (χ4v) is 1.70. The third-order valence-corrected chi connectivity index (χ3v) is 5.15. The van der Waals surface area contributed by atoms with Gasteiger partial charge >= 0.3 is 0 Å². The van der Waals surface area contributed by atoms with Gasteiger partial charge in [-0.25, -0.2) is 8.42 Å². The van der Waals surface area contributed by atoms with Crippen molar-refractivity contribution in [3.05, 3.63) is 0 Å². The summed E-state index contributed by atoms with van der Waals surface area (Å²) in [6.45, 7) is 3.99. The standard InChI is InChI=1S/C9H20N2O2S/c1-9(2,14(3,12)13)6-11-8-4-7(10)5-8/h7-8,11H,4-6,10H2,1-3H3. The van der Waals surface area contributed by atoms with E-state index >= 15 is 0 Å². The maximum absolute atomic E-state index is 11.4. The Balaban J connectivity index is 2.37. The highest BCUT2D eigenvalue weighted by molar-refractivity contribution is 7.92. The Morgan fingerprint density at radius 1 is 1.43 bits per heavy atom. The van der Waals surface area contributed by atoms with E-state index in [4.69, 9.17) is 5.73 Å². The maximum Gasteiger partial charge on any atom is 0.153 e. The molecule has 3 N–H and O–H groups in total. The van der Waals surface area contributed by atoms with Crippen LogP contribution in [0, 0.1) is 0 Å². The van der Waals surface area contributed by atoms with Gasteiger partial charge in [-0.3, -0.25) is 0 Å². The average Bonchev–Trinajstić information content (AvgIpc) is 1.93. The van der Waals surface area contributed by atoms with Crippen LogP contribution < -0.4 is 11.1 Å². The highest BCUT2D eigenvalue weighted by Crippen LogP contribution is 2.20. The van der Waals surface area contributed by atoms with Crippen LogP contribution in [0.15, 0.2) is 0 Å². The molecule has 0 amide bonds. The minimum atomic E-state index is -2.99. The van der Waals surface area contributed by atoms with E-state index in [0.717, 1.165) is 12.8 Å². The first-order valence-corrected chi connectivity index (χ1v) is 6.80. The van der Waals surface area contributed by atoms with E-state index in [1.807, 2.05) is 0 Å². The Kier molecular flexibility index (Phi) is 3.23. The first-order valence-electron chi connectivity index (χ1n) is 4.91. The first-order chi connectivity index (χ1) is 6.22. The van der Waals surface area contributed by atoms with Gasteiger partial charge in [0.2, 0.25) is 0 Å². The number of nitrogens with one attached hydrogen (secondary N) is 1. The maximum atomic E-state index is 11.4. The lowest BCUT2D eigenvalue weighted by atomic mass is 9.87. The fraction of sp³-hybridized carbons (Fsp3) is 1.00. The molecular formula is C9H20N2O2S. The lowest BCUT2D eigenvalue weighted by Gasteiger charge is -2.35. The number of rotatable bonds is 4. The lowest BCUT2D eigenvalue weighted by Crippen LogP contribution is -2.53. The molecule has 0 radical (unpaired) electrons. The van der Waals surface area contributed by atoms with E-state index in [0.29, 0.717) is 18.6 Å². The van der Waals surface area contributed by atoms with Gasteiger partial charge in [-0.15, -0.1) is 0 Å². The first kappa shape index (κ1) is 11.9. The largest absolute Gasteiger partial charge is 0.328 e. The molecule has 0 aromatic heterocycles. The summed E-state index contributed by atoms with van der Waals surface area (Å²) in [6, 6.07) is 0.708. The zero-order chi connectivity index (χ0) is 11.0. The van der Waals surface area contributed by atoms with Crippen molar-refractivity contribution in [2.75, 3.05) is 12.8 Å². The molecule has 1 aliphatic carbocycles. The summed E-state index contributed by atoms with van der Waals surface area (Å²) in [5.41, 5.74) is 5.64. The van der Waals surface area contributed by atoms with Crippen LogP contribution in [0.2, 0.25) is 0 Å². The molecule has 0 heterocycles. The molecular weight excluding hydrogens is 200 g/mol. The molecule has 0 unspecified atom stereocenters. The van der Waals surface area contributed by atoms with Crippen LogP contribution in [-0.2, 0) is 9.84 Å². The Bertz CT molecular complexity index is 292. The third kappa shape index (κ3) is 2.68. The molecule has 0 aromatic carbocycles. The molecule has 84 valence electrons. The molecule has 0 aliphatic heterocycles. The van der Waals surface area contributed by atoms with Gasteiger partial charge in [0.25, 0.3) is 0 Å². The monoisotopic (exact) mass is 220 g/mol. The smallest absolute Gasteiger partial charge is 0.153 e. The summed E-state index contributed by atoms with van der Waals surface area (Å²) in [5.74, 6) is 0. The molecule has 0 atom stereocenters. The van der Waals surface area contributed by atoms with Crippen LogP contribution in [0.4, 0.5) is 0 Å². The molecule has 14 heavy (non-hydrogen) atoms. The zero-order valence-corrected chi connectivity index (χ0v) is 9.89. The van der Waals surface area contributed by atoms with Crippen molar-refractivity contribution in [3.63, 3.8) is 0 Å². The molecule has 0 aromatic rings. The number of hydrogen-bond acceptors (Lipinski definition) is 4. The van der Waals surface area contributed by atoms with Gasteiger partial charge < -0.3 is 11.1 Å². The van der Waals surface area contributed by atoms with Gasteiger partial charge in [0, 0.05) is 24.9 Å². The number of nitrogens with two attached hydrogens (primary N) is 1. The molecule has 0 saturated heterocycles. The van der Waals surface area contributed by atoms with Gasteiger partial charge in [-0.1, -0.05) is 0 Å². The number of hydrogen-bond donors (Lipinski definition) is 2. The molecule has 1 aliphatic rings. The molecule has 4 nitrogen and oxygen atoms in total. The van der Waals surface area contributed by atoms with Crippen molar-refractivity contribution < 1.29 is 8.42 Å². The molecule has 1 fully saturated rings. The summed E-state index contributed by atoms with van der Waals surface area (Å²) in [5, 5.41) is 3.24. The van der Waals surface area contributed by atoms with Crippen molar-refractivity contribution >= 4 is 9.84 Å². The van der Waals surface area contributed by atoms with Gasteiger partial charge in [0.1, 0.15) is 0 Å². The van der Waals surface area contributed by atoms with Gasteiger partial charge in [-0.05, 0) is 26.7 Å². The van der Waals surface area contributed by atoms with E-state index in [1.54, 1.807) is 13.8 Å². The van der Waals surface area contributed by atoms with Crippen molar-refractivity contribution in [1.82, 2.24) is 5.32 Å². The Hall–Kier alpha value is -0.130. The molecule has 1 rings (SSSR count). The predicted molar refractivity (Wildman–Crippen MR) is 57.9 cm³/mol. The van der Waals surface area contributed by atoms with E-state index in [2.05, 4.69) is 5.32 Å². The number of sulfone groups is 1. The van der Waals surface area contributed by atoms with Gasteiger partial charge in [0.05, 0.1) is 4.75 Å². The van der Waals surface area contributed by atoms with E-state index in [-0.39, 0.29) is 0 Å². The summed E-state index contributed by atoms with van der Waals surface area (Å²) in [4.78, 5) is 0. The third-order valence-electron chi connectivity index (χ3n) is 2.99. The second-order valence-electron chi connectivity index (χ2n) is 4.84. The quantitative estimate of drug-likeness (QED) is 0.693. The Labute approximate surface area is 86.2 Å². The minimum Gasteiger partial charge on any atom is -0.328 e. The topological polar surface area (TPSA) is 72.2 Å². The normalized spacial score (nSPS) is 28.6. The highest BCUT2D eigenvalue weighted by atomic mass is 32.2. The summed E-state index contributed by atoms with van der Waals surface area (Å²) < 4.78 is 22.1. The van der Waals surface area contributed by atoms with E-state index < -0.39 is 14.6 Å². The SMILES string of the molecule is CC(C)(CNC1CC(N)C1)S(C)(=O)=O. The highest BCUT2D eigenvalue weighted by Gasteiger charge is 2.33. The Morgan fingerprint density at radius 3 is 2.29 bits per heavy atom. The fourth-order valence-electron chi connectivity index (χ4n) is 1.35. The lowest BCUT2D eigenvalue weighted by molar-refractivity contribution is 0.285. The van der Waals surface area contributed by atoms with Crippen LogP contribution in [-0.4, -0.2) is 38.0 Å². The van der Waals surface area contributed by atoms with E-state index in [9.17, 15) is 8.42 Å². The van der Waals surface area contributed by atoms with Crippen LogP contribution in [0.1, 0.15) is 26.7 Å². The van der Waals surface area contributed by atoms with Crippen LogP contribution in [0.3, 0.4) is 0 Å². The van der Waals surface area contributed by atoms with Crippen LogP contribution in [0.5, 0.6) is 0 Å². The second-order valence-corrected chi connectivity index (χ2v) is 7.49. The van der Waals surface area contributed by atoms with Crippen molar-refractivity contribution in [1.29, 1.82) is 0 Å². The molecule has 1 saturated carbocycles. The summed E-state index contributed by atoms with van der Waals surface area (Å²) >= 11 is 0. The van der Waals surface area contributed by atoms with Gasteiger partial charge in [-0.2, -0.15) is 0 Å². The van der Waals surface area contributed by atoms with Crippen LogP contribution in [0.25, 0.3) is 0 Å². The van der Waals surface area contributed by atoms with E-state index in [1.165, 1.54) is 6.26 Å². The molecule has 5 heteroatoms. The van der Waals surface area contributed by atoms with Crippen molar-refractivity contribution in [2.45, 2.75) is 43.5 Å². The molecule has 0 spiro atoms. The summed E-state index contributed by atoms with van der Waals surface area (Å²) in [6.07, 6.45) is 3.20.